The molecule has 0 aliphatic heterocycles. The number of thioether (sulfide) groups is 1. The zero-order chi connectivity index (χ0) is 17.8. The highest BCUT2D eigenvalue weighted by atomic mass is 32.2. The number of thiophene rings is 1. The largest absolute Gasteiger partial charge is 0.496 e. The zero-order valence-corrected chi connectivity index (χ0v) is 15.6. The number of fused-ring (bicyclic) bond motifs is 1. The van der Waals surface area contributed by atoms with Crippen LogP contribution >= 0.6 is 23.1 Å². The smallest absolute Gasteiger partial charge is 0.251 e. The van der Waals surface area contributed by atoms with Crippen molar-refractivity contribution in [1.82, 2.24) is 0 Å². The van der Waals surface area contributed by atoms with Crippen molar-refractivity contribution in [3.8, 4) is 5.75 Å². The Bertz CT molecular complexity index is 802. The van der Waals surface area contributed by atoms with Crippen LogP contribution in [0.2, 0.25) is 0 Å². The first-order valence-corrected chi connectivity index (χ1v) is 9.90. The number of rotatable bonds is 6. The molecule has 1 heterocycles. The molecule has 0 saturated heterocycles. The lowest BCUT2D eigenvalue weighted by molar-refractivity contribution is -0.113. The third-order valence-corrected chi connectivity index (χ3v) is 6.36. The predicted octanol–water partition coefficient (Wildman–Crippen LogP) is 3.47. The van der Waals surface area contributed by atoms with Crippen LogP contribution in [0.4, 0.5) is 5.00 Å². The molecular weight excluding hydrogens is 356 g/mol. The van der Waals surface area contributed by atoms with Gasteiger partial charge in [-0.05, 0) is 43.4 Å². The van der Waals surface area contributed by atoms with Crippen molar-refractivity contribution in [2.24, 2.45) is 5.73 Å². The van der Waals surface area contributed by atoms with Crippen molar-refractivity contribution >= 4 is 39.9 Å². The van der Waals surface area contributed by atoms with Gasteiger partial charge in [0.1, 0.15) is 10.8 Å². The lowest BCUT2D eigenvalue weighted by atomic mass is 9.95. The van der Waals surface area contributed by atoms with Crippen LogP contribution in [0.15, 0.2) is 29.2 Å². The van der Waals surface area contributed by atoms with Gasteiger partial charge in [0.2, 0.25) is 5.91 Å². The van der Waals surface area contributed by atoms with E-state index in [1.807, 2.05) is 24.3 Å². The van der Waals surface area contributed by atoms with E-state index in [4.69, 9.17) is 10.5 Å². The van der Waals surface area contributed by atoms with Crippen LogP contribution in [0.3, 0.4) is 0 Å². The number of hydrogen-bond acceptors (Lipinski definition) is 5. The van der Waals surface area contributed by atoms with Crippen LogP contribution in [0.5, 0.6) is 5.75 Å². The summed E-state index contributed by atoms with van der Waals surface area (Å²) in [6.45, 7) is 0. The van der Waals surface area contributed by atoms with Gasteiger partial charge >= 0.3 is 0 Å². The van der Waals surface area contributed by atoms with Crippen LogP contribution in [0.25, 0.3) is 0 Å². The highest BCUT2D eigenvalue weighted by Crippen LogP contribution is 2.38. The number of hydrogen-bond donors (Lipinski definition) is 2. The Balaban J connectivity index is 1.71. The second-order valence-electron chi connectivity index (χ2n) is 5.77. The minimum atomic E-state index is -0.466. The van der Waals surface area contributed by atoms with E-state index in [0.717, 1.165) is 41.9 Å². The molecule has 1 aliphatic rings. The number of nitrogens with two attached hydrogens (primary N) is 1. The lowest BCUT2D eigenvalue weighted by Crippen LogP contribution is -2.19. The number of carbonyl (C=O) groups is 2. The minimum absolute atomic E-state index is 0.156. The van der Waals surface area contributed by atoms with Crippen molar-refractivity contribution in [2.75, 3.05) is 18.2 Å². The molecule has 3 N–H and O–H groups in total. The molecule has 0 fully saturated rings. The second kappa shape index (κ2) is 7.93. The van der Waals surface area contributed by atoms with Crippen LogP contribution in [0, 0.1) is 0 Å². The molecule has 1 aromatic heterocycles. The van der Waals surface area contributed by atoms with E-state index in [-0.39, 0.29) is 11.7 Å². The first-order valence-electron chi connectivity index (χ1n) is 8.10. The third kappa shape index (κ3) is 3.99. The zero-order valence-electron chi connectivity index (χ0n) is 14.0. The molecule has 0 atom stereocenters. The van der Waals surface area contributed by atoms with Crippen LogP contribution < -0.4 is 15.8 Å². The Morgan fingerprint density at radius 1 is 1.28 bits per heavy atom. The monoisotopic (exact) mass is 376 g/mol. The molecule has 0 radical (unpaired) electrons. The van der Waals surface area contributed by atoms with Crippen molar-refractivity contribution in [3.05, 3.63) is 40.3 Å². The van der Waals surface area contributed by atoms with E-state index < -0.39 is 5.91 Å². The van der Waals surface area contributed by atoms with Crippen molar-refractivity contribution in [3.63, 3.8) is 0 Å². The molecule has 0 unspecified atom stereocenters. The van der Waals surface area contributed by atoms with Gasteiger partial charge in [0.25, 0.3) is 5.91 Å². The SMILES string of the molecule is COc1ccccc1SCC(=O)Nc1sc2c(c1C(N)=O)CCCC2. The summed E-state index contributed by atoms with van der Waals surface area (Å²) in [5, 5.41) is 3.46. The predicted molar refractivity (Wildman–Crippen MR) is 102 cm³/mol. The van der Waals surface area contributed by atoms with Gasteiger partial charge < -0.3 is 15.8 Å². The number of ether oxygens (including phenoxy) is 1. The summed E-state index contributed by atoms with van der Waals surface area (Å²) in [6, 6.07) is 7.56. The number of aryl methyl sites for hydroxylation is 1. The maximum absolute atomic E-state index is 12.4. The van der Waals surface area contributed by atoms with Crippen LogP contribution in [-0.2, 0) is 17.6 Å². The van der Waals surface area contributed by atoms with Crippen LogP contribution in [0.1, 0.15) is 33.6 Å². The Hall–Kier alpha value is -1.99. The quantitative estimate of drug-likeness (QED) is 0.757. The Morgan fingerprint density at radius 3 is 2.80 bits per heavy atom. The van der Waals surface area contributed by atoms with Gasteiger partial charge in [-0.25, -0.2) is 0 Å². The van der Waals surface area contributed by atoms with E-state index >= 15 is 0 Å². The summed E-state index contributed by atoms with van der Waals surface area (Å²) in [5.74, 6) is 0.357. The third-order valence-electron chi connectivity index (χ3n) is 4.10. The van der Waals surface area contributed by atoms with Crippen molar-refractivity contribution < 1.29 is 14.3 Å². The molecule has 5 nitrogen and oxygen atoms in total. The van der Waals surface area contributed by atoms with Gasteiger partial charge in [-0.3, -0.25) is 9.59 Å². The highest BCUT2D eigenvalue weighted by Gasteiger charge is 2.24. The molecule has 0 spiro atoms. The summed E-state index contributed by atoms with van der Waals surface area (Å²) >= 11 is 2.88. The molecule has 3 rings (SSSR count). The maximum atomic E-state index is 12.4. The molecule has 7 heteroatoms. The van der Waals surface area contributed by atoms with E-state index in [1.165, 1.54) is 28.0 Å². The Labute approximate surface area is 154 Å². The molecule has 1 aliphatic carbocycles. The standard InChI is InChI=1S/C18H20N2O3S2/c1-23-12-7-3-5-9-14(12)24-10-15(21)20-18-16(17(19)22)11-6-2-4-8-13(11)25-18/h3,5,7,9H,2,4,6,8,10H2,1H3,(H2,19,22)(H,20,21). The minimum Gasteiger partial charge on any atom is -0.496 e. The normalized spacial score (nSPS) is 13.2. The van der Waals surface area contributed by atoms with Gasteiger partial charge in [0, 0.05) is 9.77 Å². The number of amides is 2. The average Bonchev–Trinajstić information content (AvgIpc) is 2.98. The van der Waals surface area contributed by atoms with E-state index in [2.05, 4.69) is 5.32 Å². The van der Waals surface area contributed by atoms with Gasteiger partial charge in [-0.2, -0.15) is 0 Å². The fraction of sp³-hybridized carbons (Fsp3) is 0.333. The number of primary amides is 1. The fourth-order valence-electron chi connectivity index (χ4n) is 2.96. The topological polar surface area (TPSA) is 81.4 Å². The van der Waals surface area contributed by atoms with E-state index in [9.17, 15) is 9.59 Å². The number of anilines is 1. The number of nitrogens with one attached hydrogen (secondary N) is 1. The first-order chi connectivity index (χ1) is 12.1. The molecule has 2 aromatic rings. The van der Waals surface area contributed by atoms with Crippen molar-refractivity contribution in [1.29, 1.82) is 0 Å². The highest BCUT2D eigenvalue weighted by molar-refractivity contribution is 8.00. The average molecular weight is 377 g/mol. The Morgan fingerprint density at radius 2 is 2.04 bits per heavy atom. The summed E-state index contributed by atoms with van der Waals surface area (Å²) in [5.41, 5.74) is 7.08. The molecule has 2 amide bonds. The van der Waals surface area contributed by atoms with E-state index in [1.54, 1.807) is 7.11 Å². The molecule has 1 aromatic carbocycles. The Kier molecular flexibility index (Phi) is 5.65. The second-order valence-corrected chi connectivity index (χ2v) is 7.89. The van der Waals surface area contributed by atoms with Gasteiger partial charge in [-0.15, -0.1) is 23.1 Å². The fourth-order valence-corrected chi connectivity index (χ4v) is 5.10. The summed E-state index contributed by atoms with van der Waals surface area (Å²) in [7, 11) is 1.61. The molecule has 0 saturated carbocycles. The summed E-state index contributed by atoms with van der Waals surface area (Å²) in [4.78, 5) is 26.3. The van der Waals surface area contributed by atoms with Gasteiger partial charge in [0.15, 0.2) is 0 Å². The molecular formula is C18H20N2O3S2. The van der Waals surface area contributed by atoms with Gasteiger partial charge in [0.05, 0.1) is 18.4 Å². The summed E-state index contributed by atoms with van der Waals surface area (Å²) in [6.07, 6.45) is 3.98. The van der Waals surface area contributed by atoms with Gasteiger partial charge in [-0.1, -0.05) is 12.1 Å². The lowest BCUT2D eigenvalue weighted by Gasteiger charge is -2.11. The first kappa shape index (κ1) is 17.8. The number of carbonyl (C=O) groups excluding carboxylic acids is 2. The number of methoxy groups -OCH3 is 1. The molecule has 132 valence electrons. The van der Waals surface area contributed by atoms with Crippen LogP contribution in [-0.4, -0.2) is 24.7 Å². The summed E-state index contributed by atoms with van der Waals surface area (Å²) < 4.78 is 5.29. The number of benzene rings is 1. The van der Waals surface area contributed by atoms with E-state index in [0.29, 0.717) is 10.6 Å². The number of para-hydroxylation sites is 1. The van der Waals surface area contributed by atoms with Crippen molar-refractivity contribution in [2.45, 2.75) is 30.6 Å². The maximum Gasteiger partial charge on any atom is 0.251 e. The molecule has 0 bridgehead atoms. The molecule has 25 heavy (non-hydrogen) atoms.